The molecule has 0 aliphatic carbocycles. The van der Waals surface area contributed by atoms with Crippen LogP contribution in [-0.4, -0.2) is 23.8 Å². The van der Waals surface area contributed by atoms with Crippen LogP contribution in [0.5, 0.6) is 0 Å². The van der Waals surface area contributed by atoms with Gasteiger partial charge in [0.1, 0.15) is 6.04 Å². The van der Waals surface area contributed by atoms with Gasteiger partial charge in [0.15, 0.2) is 0 Å². The van der Waals surface area contributed by atoms with E-state index in [1.165, 1.54) is 0 Å². The molecule has 0 heterocycles. The fraction of sp³-hybridized carbons (Fsp3) is 0.571. The van der Waals surface area contributed by atoms with E-state index in [1.54, 1.807) is 6.92 Å². The van der Waals surface area contributed by atoms with Crippen molar-refractivity contribution in [2.24, 2.45) is 11.5 Å². The first kappa shape index (κ1) is 11.4. The van der Waals surface area contributed by atoms with Crippen LogP contribution in [0.15, 0.2) is 0 Å². The molecule has 6 heteroatoms. The lowest BCUT2D eigenvalue weighted by atomic mass is 10.2. The van der Waals surface area contributed by atoms with Crippen LogP contribution in [0.25, 0.3) is 0 Å². The van der Waals surface area contributed by atoms with Gasteiger partial charge in [-0.25, -0.2) is 0 Å². The van der Waals surface area contributed by atoms with Gasteiger partial charge in [-0.3, -0.25) is 14.4 Å². The molecule has 0 spiro atoms. The van der Waals surface area contributed by atoms with Gasteiger partial charge in [-0.1, -0.05) is 6.92 Å². The molecule has 5 N–H and O–H groups in total. The van der Waals surface area contributed by atoms with Crippen LogP contribution in [0, 0.1) is 0 Å². The van der Waals surface area contributed by atoms with Crippen molar-refractivity contribution >= 4 is 17.7 Å². The number of amides is 3. The minimum atomic E-state index is -0.995. The van der Waals surface area contributed by atoms with Crippen LogP contribution in [0.2, 0.25) is 0 Å². The fourth-order valence-corrected chi connectivity index (χ4v) is 0.720. The van der Waals surface area contributed by atoms with Crippen LogP contribution in [0.3, 0.4) is 0 Å². The van der Waals surface area contributed by atoms with E-state index < -0.39 is 17.9 Å². The summed E-state index contributed by atoms with van der Waals surface area (Å²) in [5, 5.41) is 2.28. The van der Waals surface area contributed by atoms with E-state index in [1.807, 2.05) is 0 Å². The maximum atomic E-state index is 10.8. The number of hydrogen-bond acceptors (Lipinski definition) is 3. The highest BCUT2D eigenvalue weighted by Crippen LogP contribution is 1.91. The van der Waals surface area contributed by atoms with Crippen LogP contribution in [0.1, 0.15) is 19.8 Å². The smallest absolute Gasteiger partial charge is 0.240 e. The zero-order chi connectivity index (χ0) is 10.4. The predicted molar refractivity (Wildman–Crippen MR) is 45.2 cm³/mol. The van der Waals surface area contributed by atoms with Gasteiger partial charge in [0.25, 0.3) is 0 Å². The Balaban J connectivity index is 4.18. The summed E-state index contributed by atoms with van der Waals surface area (Å²) >= 11 is 0. The summed E-state index contributed by atoms with van der Waals surface area (Å²) in [6, 6.07) is -0.995. The van der Waals surface area contributed by atoms with E-state index >= 15 is 0 Å². The number of carbonyl (C=O) groups is 3. The zero-order valence-electron chi connectivity index (χ0n) is 7.37. The molecule has 0 saturated heterocycles. The summed E-state index contributed by atoms with van der Waals surface area (Å²) in [6.07, 6.45) is -0.0381. The summed E-state index contributed by atoms with van der Waals surface area (Å²) in [5.74, 6) is -1.79. The molecule has 3 amide bonds. The quantitative estimate of drug-likeness (QED) is 0.473. The van der Waals surface area contributed by atoms with E-state index in [-0.39, 0.29) is 18.7 Å². The molecule has 1 unspecified atom stereocenters. The Morgan fingerprint density at radius 3 is 2.15 bits per heavy atom. The van der Waals surface area contributed by atoms with E-state index in [2.05, 4.69) is 5.32 Å². The van der Waals surface area contributed by atoms with Crippen molar-refractivity contribution in [3.8, 4) is 0 Å². The summed E-state index contributed by atoms with van der Waals surface area (Å²) in [5.41, 5.74) is 9.78. The van der Waals surface area contributed by atoms with Gasteiger partial charge in [-0.15, -0.1) is 0 Å². The third kappa shape index (κ3) is 4.78. The molecule has 0 aromatic rings. The molecule has 0 rings (SSSR count). The second-order valence-corrected chi connectivity index (χ2v) is 2.55. The normalized spacial score (nSPS) is 11.8. The topological polar surface area (TPSA) is 115 Å². The molecule has 74 valence electrons. The number of primary amides is 2. The van der Waals surface area contributed by atoms with Gasteiger partial charge in [0, 0.05) is 6.42 Å². The van der Waals surface area contributed by atoms with Crippen molar-refractivity contribution in [3.63, 3.8) is 0 Å². The average molecular weight is 187 g/mol. The molecule has 6 nitrogen and oxygen atoms in total. The highest BCUT2D eigenvalue weighted by molar-refractivity contribution is 5.90. The van der Waals surface area contributed by atoms with E-state index in [4.69, 9.17) is 11.5 Å². The molecule has 0 fully saturated rings. The van der Waals surface area contributed by atoms with Crippen molar-refractivity contribution in [1.82, 2.24) is 5.32 Å². The first-order valence-corrected chi connectivity index (χ1v) is 3.84. The Bertz CT molecular complexity index is 227. The number of nitrogens with two attached hydrogens (primary N) is 2. The molecule has 0 saturated carbocycles. The molecular formula is C7H13N3O3. The minimum Gasteiger partial charge on any atom is -0.370 e. The van der Waals surface area contributed by atoms with Crippen LogP contribution in [0.4, 0.5) is 0 Å². The molecule has 1 atom stereocenters. The van der Waals surface area contributed by atoms with E-state index in [0.717, 1.165) is 0 Å². The molecular weight excluding hydrogens is 174 g/mol. The lowest BCUT2D eigenvalue weighted by molar-refractivity contribution is -0.129. The van der Waals surface area contributed by atoms with Gasteiger partial charge in [0.2, 0.25) is 17.7 Å². The lowest BCUT2D eigenvalue weighted by Gasteiger charge is -2.12. The number of hydrogen-bond donors (Lipinski definition) is 3. The molecule has 13 heavy (non-hydrogen) atoms. The van der Waals surface area contributed by atoms with E-state index in [0.29, 0.717) is 0 Å². The van der Waals surface area contributed by atoms with Crippen LogP contribution >= 0.6 is 0 Å². The van der Waals surface area contributed by atoms with Gasteiger partial charge in [-0.05, 0) is 0 Å². The maximum Gasteiger partial charge on any atom is 0.240 e. The monoisotopic (exact) mass is 187 g/mol. The SMILES string of the molecule is CCC(=O)NC(CC(N)=O)C(N)=O. The Morgan fingerprint density at radius 2 is 1.85 bits per heavy atom. The Hall–Kier alpha value is -1.59. The van der Waals surface area contributed by atoms with Gasteiger partial charge in [0.05, 0.1) is 6.42 Å². The first-order valence-electron chi connectivity index (χ1n) is 3.84. The highest BCUT2D eigenvalue weighted by atomic mass is 16.2. The van der Waals surface area contributed by atoms with Gasteiger partial charge < -0.3 is 16.8 Å². The molecule has 0 aliphatic rings. The minimum absolute atomic E-state index is 0.225. The van der Waals surface area contributed by atoms with Gasteiger partial charge in [-0.2, -0.15) is 0 Å². The number of nitrogens with one attached hydrogen (secondary N) is 1. The van der Waals surface area contributed by atoms with Crippen molar-refractivity contribution in [1.29, 1.82) is 0 Å². The maximum absolute atomic E-state index is 10.8. The standard InChI is InChI=1S/C7H13N3O3/c1-2-6(12)10-4(7(9)13)3-5(8)11/h4H,2-3H2,1H3,(H2,8,11)(H2,9,13)(H,10,12). The number of carbonyl (C=O) groups excluding carboxylic acids is 3. The first-order chi connectivity index (χ1) is 5.97. The van der Waals surface area contributed by atoms with Crippen molar-refractivity contribution in [3.05, 3.63) is 0 Å². The second kappa shape index (κ2) is 5.13. The summed E-state index contributed by atoms with van der Waals surface area (Å²) in [6.45, 7) is 1.62. The molecule has 0 radical (unpaired) electrons. The van der Waals surface area contributed by atoms with Crippen molar-refractivity contribution < 1.29 is 14.4 Å². The molecule has 0 aliphatic heterocycles. The highest BCUT2D eigenvalue weighted by Gasteiger charge is 2.19. The fourth-order valence-electron chi connectivity index (χ4n) is 0.720. The average Bonchev–Trinajstić information content (AvgIpc) is 2.02. The molecule has 0 bridgehead atoms. The van der Waals surface area contributed by atoms with Crippen LogP contribution < -0.4 is 16.8 Å². The zero-order valence-corrected chi connectivity index (χ0v) is 7.37. The lowest BCUT2D eigenvalue weighted by Crippen LogP contribution is -2.46. The summed E-state index contributed by atoms with van der Waals surface area (Å²) in [7, 11) is 0. The summed E-state index contributed by atoms with van der Waals surface area (Å²) < 4.78 is 0. The summed E-state index contributed by atoms with van der Waals surface area (Å²) in [4.78, 5) is 32.0. The van der Waals surface area contributed by atoms with Crippen molar-refractivity contribution in [2.75, 3.05) is 0 Å². The third-order valence-electron chi connectivity index (χ3n) is 1.41. The predicted octanol–water partition coefficient (Wildman–Crippen LogP) is -1.76. The van der Waals surface area contributed by atoms with Crippen molar-refractivity contribution in [2.45, 2.75) is 25.8 Å². The molecule has 0 aromatic carbocycles. The Morgan fingerprint density at radius 1 is 1.31 bits per heavy atom. The van der Waals surface area contributed by atoms with E-state index in [9.17, 15) is 14.4 Å². The Labute approximate surface area is 75.6 Å². The second-order valence-electron chi connectivity index (χ2n) is 2.55. The third-order valence-corrected chi connectivity index (χ3v) is 1.41. The molecule has 0 aromatic heterocycles. The largest absolute Gasteiger partial charge is 0.370 e. The van der Waals surface area contributed by atoms with Crippen LogP contribution in [-0.2, 0) is 14.4 Å². The van der Waals surface area contributed by atoms with Gasteiger partial charge >= 0.3 is 0 Å². The Kier molecular flexibility index (Phi) is 4.50. The number of rotatable bonds is 5.